The van der Waals surface area contributed by atoms with E-state index in [-0.39, 0.29) is 30.3 Å². The highest BCUT2D eigenvalue weighted by Crippen LogP contribution is 2.27. The first kappa shape index (κ1) is 12.6. The Hall–Kier alpha value is -2.42. The number of amides is 2. The smallest absolute Gasteiger partial charge is 0.415 e. The maximum atomic E-state index is 11.8. The molecule has 0 saturated carbocycles. The van der Waals surface area contributed by atoms with Gasteiger partial charge >= 0.3 is 6.09 Å². The Morgan fingerprint density at radius 3 is 3.15 bits per heavy atom. The van der Waals surface area contributed by atoms with Crippen LogP contribution in [0.1, 0.15) is 6.42 Å². The van der Waals surface area contributed by atoms with Gasteiger partial charge in [-0.2, -0.15) is 0 Å². The summed E-state index contributed by atoms with van der Waals surface area (Å²) in [6.07, 6.45) is 1.24. The lowest BCUT2D eigenvalue weighted by Gasteiger charge is -2.18. The summed E-state index contributed by atoms with van der Waals surface area (Å²) >= 11 is 0. The van der Waals surface area contributed by atoms with Crippen molar-refractivity contribution in [3.8, 4) is 5.88 Å². The molecule has 0 aliphatic carbocycles. The SMILES string of the molecule is NCC[C@H]1CN(c2cnc3c(n2)NC(=O)CO3)C(=O)O1. The number of ether oxygens (including phenoxy) is 2. The van der Waals surface area contributed by atoms with E-state index in [1.54, 1.807) is 0 Å². The number of nitrogens with one attached hydrogen (secondary N) is 1. The standard InChI is InChI=1S/C11H13N5O4/c12-2-1-6-4-16(11(18)20-6)7-3-13-10-9(14-7)15-8(17)5-19-10/h3,6H,1-2,4-5,12H2,(H,14,15,17)/t6-/m0/s1. The number of anilines is 2. The van der Waals surface area contributed by atoms with Gasteiger partial charge in [-0.3, -0.25) is 9.69 Å². The minimum atomic E-state index is -0.499. The van der Waals surface area contributed by atoms with Gasteiger partial charge in [-0.05, 0) is 13.0 Å². The lowest BCUT2D eigenvalue weighted by Crippen LogP contribution is -2.30. The maximum absolute atomic E-state index is 11.8. The summed E-state index contributed by atoms with van der Waals surface area (Å²) in [4.78, 5) is 32.6. The number of fused-ring (bicyclic) bond motifs is 1. The first-order valence-corrected chi connectivity index (χ1v) is 6.15. The normalized spacial score (nSPS) is 21.1. The van der Waals surface area contributed by atoms with E-state index in [0.717, 1.165) is 0 Å². The van der Waals surface area contributed by atoms with Gasteiger partial charge in [0.05, 0.1) is 12.7 Å². The quantitative estimate of drug-likeness (QED) is 0.763. The van der Waals surface area contributed by atoms with E-state index in [2.05, 4.69) is 15.3 Å². The number of aromatic nitrogens is 2. The number of nitrogens with two attached hydrogens (primary N) is 1. The summed E-state index contributed by atoms with van der Waals surface area (Å²) < 4.78 is 10.3. The summed E-state index contributed by atoms with van der Waals surface area (Å²) in [5.41, 5.74) is 5.44. The van der Waals surface area contributed by atoms with Gasteiger partial charge in [-0.1, -0.05) is 0 Å². The van der Waals surface area contributed by atoms with Crippen LogP contribution < -0.4 is 20.7 Å². The second kappa shape index (κ2) is 4.93. The zero-order chi connectivity index (χ0) is 14.1. The summed E-state index contributed by atoms with van der Waals surface area (Å²) in [7, 11) is 0. The van der Waals surface area contributed by atoms with Gasteiger partial charge < -0.3 is 20.5 Å². The number of rotatable bonds is 3. The predicted octanol–water partition coefficient (Wildman–Crippen LogP) is -0.519. The van der Waals surface area contributed by atoms with E-state index in [9.17, 15) is 9.59 Å². The van der Waals surface area contributed by atoms with Crippen molar-refractivity contribution in [1.82, 2.24) is 9.97 Å². The molecule has 3 rings (SSSR count). The first-order valence-electron chi connectivity index (χ1n) is 6.15. The molecule has 20 heavy (non-hydrogen) atoms. The highest BCUT2D eigenvalue weighted by atomic mass is 16.6. The average molecular weight is 279 g/mol. The fourth-order valence-corrected chi connectivity index (χ4v) is 2.03. The van der Waals surface area contributed by atoms with Crippen molar-refractivity contribution in [2.75, 3.05) is 29.9 Å². The Kier molecular flexibility index (Phi) is 3.11. The molecule has 1 aromatic heterocycles. The molecule has 3 N–H and O–H groups in total. The molecule has 9 nitrogen and oxygen atoms in total. The Labute approximate surface area is 114 Å². The minimum Gasteiger partial charge on any atom is -0.465 e. The highest BCUT2D eigenvalue weighted by molar-refractivity contribution is 5.94. The molecule has 1 aromatic rings. The van der Waals surface area contributed by atoms with Gasteiger partial charge in [0.15, 0.2) is 18.2 Å². The van der Waals surface area contributed by atoms with Crippen LogP contribution in [0.4, 0.5) is 16.4 Å². The van der Waals surface area contributed by atoms with Crippen LogP contribution in [0.2, 0.25) is 0 Å². The Morgan fingerprint density at radius 1 is 1.50 bits per heavy atom. The monoisotopic (exact) mass is 279 g/mol. The fourth-order valence-electron chi connectivity index (χ4n) is 2.03. The number of hydrogen-bond donors (Lipinski definition) is 2. The number of carbonyl (C=O) groups excluding carboxylic acids is 2. The molecule has 106 valence electrons. The van der Waals surface area contributed by atoms with Crippen LogP contribution in [-0.4, -0.2) is 47.8 Å². The molecule has 0 spiro atoms. The Balaban J connectivity index is 1.82. The zero-order valence-electron chi connectivity index (χ0n) is 10.5. The van der Waals surface area contributed by atoms with Crippen LogP contribution in [0.25, 0.3) is 0 Å². The number of hydrogen-bond acceptors (Lipinski definition) is 7. The van der Waals surface area contributed by atoms with Crippen LogP contribution in [-0.2, 0) is 9.53 Å². The molecule has 2 aliphatic heterocycles. The van der Waals surface area contributed by atoms with Gasteiger partial charge in [0.25, 0.3) is 11.8 Å². The second-order valence-corrected chi connectivity index (χ2v) is 4.41. The second-order valence-electron chi connectivity index (χ2n) is 4.41. The lowest BCUT2D eigenvalue weighted by molar-refractivity contribution is -0.118. The average Bonchev–Trinajstić information content (AvgIpc) is 2.79. The van der Waals surface area contributed by atoms with Crippen LogP contribution in [0, 0.1) is 0 Å². The van der Waals surface area contributed by atoms with Gasteiger partial charge in [0.2, 0.25) is 0 Å². The molecular formula is C11H13N5O4. The summed E-state index contributed by atoms with van der Waals surface area (Å²) in [6, 6.07) is 0. The molecule has 2 amide bonds. The third-order valence-corrected chi connectivity index (χ3v) is 2.96. The van der Waals surface area contributed by atoms with Crippen molar-refractivity contribution in [1.29, 1.82) is 0 Å². The highest BCUT2D eigenvalue weighted by Gasteiger charge is 2.33. The first-order chi connectivity index (χ1) is 9.67. The maximum Gasteiger partial charge on any atom is 0.415 e. The van der Waals surface area contributed by atoms with Gasteiger partial charge in [0, 0.05) is 0 Å². The van der Waals surface area contributed by atoms with Gasteiger partial charge in [-0.15, -0.1) is 0 Å². The molecule has 0 aromatic carbocycles. The molecule has 2 aliphatic rings. The molecule has 3 heterocycles. The van der Waals surface area contributed by atoms with Crippen molar-refractivity contribution < 1.29 is 19.1 Å². The van der Waals surface area contributed by atoms with Crippen molar-refractivity contribution in [3.63, 3.8) is 0 Å². The summed E-state index contributed by atoms with van der Waals surface area (Å²) in [5, 5.41) is 2.54. The van der Waals surface area contributed by atoms with Gasteiger partial charge in [-0.25, -0.2) is 14.8 Å². The number of nitrogens with zero attached hydrogens (tertiary/aromatic N) is 3. The van der Waals surface area contributed by atoms with E-state index in [0.29, 0.717) is 25.3 Å². The fraction of sp³-hybridized carbons (Fsp3) is 0.455. The summed E-state index contributed by atoms with van der Waals surface area (Å²) in [5.74, 6) is 0.432. The zero-order valence-corrected chi connectivity index (χ0v) is 10.5. The van der Waals surface area contributed by atoms with E-state index in [1.165, 1.54) is 11.1 Å². The lowest BCUT2D eigenvalue weighted by atomic mass is 10.2. The molecule has 0 radical (unpaired) electrons. The van der Waals surface area contributed by atoms with Crippen molar-refractivity contribution in [2.24, 2.45) is 5.73 Å². The minimum absolute atomic E-state index is 0.0919. The number of cyclic esters (lactones) is 1. The molecule has 1 atom stereocenters. The van der Waals surface area contributed by atoms with Crippen LogP contribution in [0.5, 0.6) is 5.88 Å². The third-order valence-electron chi connectivity index (χ3n) is 2.96. The Morgan fingerprint density at radius 2 is 2.35 bits per heavy atom. The topological polar surface area (TPSA) is 120 Å². The van der Waals surface area contributed by atoms with Crippen LogP contribution >= 0.6 is 0 Å². The van der Waals surface area contributed by atoms with E-state index in [1.807, 2.05) is 0 Å². The molecular weight excluding hydrogens is 266 g/mol. The molecule has 1 saturated heterocycles. The largest absolute Gasteiger partial charge is 0.465 e. The summed E-state index contributed by atoms with van der Waals surface area (Å²) in [6.45, 7) is 0.704. The van der Waals surface area contributed by atoms with E-state index >= 15 is 0 Å². The predicted molar refractivity (Wildman–Crippen MR) is 67.4 cm³/mol. The van der Waals surface area contributed by atoms with E-state index in [4.69, 9.17) is 15.2 Å². The Bertz CT molecular complexity index is 564. The number of carbonyl (C=O) groups is 2. The molecule has 0 bridgehead atoms. The van der Waals surface area contributed by atoms with E-state index < -0.39 is 6.09 Å². The van der Waals surface area contributed by atoms with Gasteiger partial charge in [0.1, 0.15) is 6.10 Å². The van der Waals surface area contributed by atoms with Crippen LogP contribution in [0.3, 0.4) is 0 Å². The molecule has 9 heteroatoms. The molecule has 0 unspecified atom stereocenters. The third kappa shape index (κ3) is 2.23. The molecule has 1 fully saturated rings. The van der Waals surface area contributed by atoms with Crippen molar-refractivity contribution >= 4 is 23.6 Å². The van der Waals surface area contributed by atoms with Crippen molar-refractivity contribution in [3.05, 3.63) is 6.20 Å². The van der Waals surface area contributed by atoms with Crippen molar-refractivity contribution in [2.45, 2.75) is 12.5 Å². The van der Waals surface area contributed by atoms with Crippen LogP contribution in [0.15, 0.2) is 6.20 Å².